The van der Waals surface area contributed by atoms with E-state index in [1.54, 1.807) is 49.6 Å². The molecule has 0 saturated carbocycles. The second kappa shape index (κ2) is 10.4. The van der Waals surface area contributed by atoms with Crippen molar-refractivity contribution in [3.63, 3.8) is 0 Å². The van der Waals surface area contributed by atoms with Gasteiger partial charge in [-0.3, -0.25) is 9.59 Å². The van der Waals surface area contributed by atoms with E-state index in [1.807, 2.05) is 0 Å². The molecular formula is C20H24ClN3O3. The van der Waals surface area contributed by atoms with Crippen LogP contribution in [0.3, 0.4) is 0 Å². The number of hydrogen-bond acceptors (Lipinski definition) is 4. The van der Waals surface area contributed by atoms with E-state index >= 15 is 0 Å². The topological polar surface area (TPSA) is 79.5 Å². The van der Waals surface area contributed by atoms with Crippen molar-refractivity contribution in [3.8, 4) is 5.75 Å². The molecule has 2 rings (SSSR count). The van der Waals surface area contributed by atoms with Gasteiger partial charge in [0.05, 0.1) is 18.7 Å². The Balaban J connectivity index is 1.83. The van der Waals surface area contributed by atoms with Crippen LogP contribution in [-0.4, -0.2) is 32.0 Å². The molecule has 0 heterocycles. The quantitative estimate of drug-likeness (QED) is 0.568. The normalized spacial score (nSPS) is 10.2. The SMILES string of the molecule is CCCCNC(=O)c1ccc(NC(=O)CNc2ccc(OC)c(Cl)c2)cc1. The number of benzene rings is 2. The number of carbonyl (C=O) groups excluding carboxylic acids is 2. The molecule has 0 saturated heterocycles. The van der Waals surface area contributed by atoms with Crippen molar-refractivity contribution in [2.75, 3.05) is 30.8 Å². The summed E-state index contributed by atoms with van der Waals surface area (Å²) in [5.41, 5.74) is 1.91. The number of unbranched alkanes of at least 4 members (excludes halogenated alkanes) is 1. The predicted octanol–water partition coefficient (Wildman–Crippen LogP) is 3.93. The van der Waals surface area contributed by atoms with Crippen LogP contribution in [0.25, 0.3) is 0 Å². The van der Waals surface area contributed by atoms with Crippen molar-refractivity contribution < 1.29 is 14.3 Å². The van der Waals surface area contributed by atoms with Crippen LogP contribution in [0.1, 0.15) is 30.1 Å². The predicted molar refractivity (Wildman–Crippen MR) is 109 cm³/mol. The number of methoxy groups -OCH3 is 1. The van der Waals surface area contributed by atoms with E-state index in [-0.39, 0.29) is 18.4 Å². The Labute approximate surface area is 164 Å². The highest BCUT2D eigenvalue weighted by Crippen LogP contribution is 2.27. The van der Waals surface area contributed by atoms with Crippen molar-refractivity contribution in [1.82, 2.24) is 5.32 Å². The maximum atomic E-state index is 12.1. The van der Waals surface area contributed by atoms with E-state index in [2.05, 4.69) is 22.9 Å². The Bertz CT molecular complexity index is 779. The largest absolute Gasteiger partial charge is 0.495 e. The fraction of sp³-hybridized carbons (Fsp3) is 0.300. The van der Waals surface area contributed by atoms with Gasteiger partial charge in [-0.15, -0.1) is 0 Å². The van der Waals surface area contributed by atoms with Gasteiger partial charge < -0.3 is 20.7 Å². The Hall–Kier alpha value is -2.73. The number of ether oxygens (including phenoxy) is 1. The highest BCUT2D eigenvalue weighted by molar-refractivity contribution is 6.32. The molecule has 2 amide bonds. The zero-order chi connectivity index (χ0) is 19.6. The lowest BCUT2D eigenvalue weighted by Crippen LogP contribution is -2.24. The summed E-state index contributed by atoms with van der Waals surface area (Å²) in [7, 11) is 1.54. The zero-order valence-corrected chi connectivity index (χ0v) is 16.2. The minimum absolute atomic E-state index is 0.0852. The maximum Gasteiger partial charge on any atom is 0.251 e. The number of halogens is 1. The van der Waals surface area contributed by atoms with Gasteiger partial charge in [0.15, 0.2) is 0 Å². The van der Waals surface area contributed by atoms with Crippen molar-refractivity contribution >= 4 is 34.8 Å². The smallest absolute Gasteiger partial charge is 0.251 e. The van der Waals surface area contributed by atoms with Crippen LogP contribution in [0.5, 0.6) is 5.75 Å². The van der Waals surface area contributed by atoms with Crippen LogP contribution in [0.2, 0.25) is 5.02 Å². The third kappa shape index (κ3) is 6.49. The number of amides is 2. The van der Waals surface area contributed by atoms with Gasteiger partial charge in [0.2, 0.25) is 5.91 Å². The lowest BCUT2D eigenvalue weighted by Gasteiger charge is -2.10. The molecule has 0 radical (unpaired) electrons. The molecule has 2 aromatic carbocycles. The van der Waals surface area contributed by atoms with E-state index in [9.17, 15) is 9.59 Å². The summed E-state index contributed by atoms with van der Waals surface area (Å²) >= 11 is 6.06. The van der Waals surface area contributed by atoms with Crippen LogP contribution in [0.4, 0.5) is 11.4 Å². The monoisotopic (exact) mass is 389 g/mol. The summed E-state index contributed by atoms with van der Waals surface area (Å²) in [4.78, 5) is 24.0. The summed E-state index contributed by atoms with van der Waals surface area (Å²) in [6, 6.07) is 12.0. The summed E-state index contributed by atoms with van der Waals surface area (Å²) in [6.45, 7) is 2.82. The lowest BCUT2D eigenvalue weighted by molar-refractivity contribution is -0.114. The van der Waals surface area contributed by atoms with Crippen LogP contribution in [-0.2, 0) is 4.79 Å². The highest BCUT2D eigenvalue weighted by Gasteiger charge is 2.07. The van der Waals surface area contributed by atoms with Gasteiger partial charge in [-0.1, -0.05) is 24.9 Å². The molecule has 2 aromatic rings. The van der Waals surface area contributed by atoms with Crippen molar-refractivity contribution in [2.24, 2.45) is 0 Å². The highest BCUT2D eigenvalue weighted by atomic mass is 35.5. The molecule has 6 nitrogen and oxygen atoms in total. The van der Waals surface area contributed by atoms with E-state index in [0.717, 1.165) is 18.5 Å². The Kier molecular flexibility index (Phi) is 7.95. The molecule has 0 spiro atoms. The molecule has 0 aliphatic heterocycles. The summed E-state index contributed by atoms with van der Waals surface area (Å²) in [6.07, 6.45) is 1.98. The van der Waals surface area contributed by atoms with Gasteiger partial charge in [0.1, 0.15) is 5.75 Å². The number of carbonyl (C=O) groups is 2. The molecule has 0 bridgehead atoms. The fourth-order valence-corrected chi connectivity index (χ4v) is 2.61. The van der Waals surface area contributed by atoms with Crippen LogP contribution >= 0.6 is 11.6 Å². The first-order chi connectivity index (χ1) is 13.0. The first-order valence-electron chi connectivity index (χ1n) is 8.79. The minimum Gasteiger partial charge on any atom is -0.495 e. The second-order valence-corrected chi connectivity index (χ2v) is 6.35. The molecule has 0 aromatic heterocycles. The molecule has 0 unspecified atom stereocenters. The third-order valence-electron chi connectivity index (χ3n) is 3.85. The fourth-order valence-electron chi connectivity index (χ4n) is 2.35. The van der Waals surface area contributed by atoms with Gasteiger partial charge in [0, 0.05) is 23.5 Å². The zero-order valence-electron chi connectivity index (χ0n) is 15.5. The van der Waals surface area contributed by atoms with Crippen LogP contribution in [0, 0.1) is 0 Å². The minimum atomic E-state index is -0.206. The van der Waals surface area contributed by atoms with Gasteiger partial charge in [-0.2, -0.15) is 0 Å². The van der Waals surface area contributed by atoms with Crippen LogP contribution < -0.4 is 20.7 Å². The molecule has 3 N–H and O–H groups in total. The molecule has 0 aliphatic rings. The van der Waals surface area contributed by atoms with Crippen molar-refractivity contribution in [3.05, 3.63) is 53.1 Å². The Morgan fingerprint density at radius 1 is 1.07 bits per heavy atom. The molecular weight excluding hydrogens is 366 g/mol. The van der Waals surface area contributed by atoms with Gasteiger partial charge in [-0.25, -0.2) is 0 Å². The van der Waals surface area contributed by atoms with E-state index in [0.29, 0.717) is 28.6 Å². The van der Waals surface area contributed by atoms with Crippen LogP contribution in [0.15, 0.2) is 42.5 Å². The first kappa shape index (κ1) is 20.6. The second-order valence-electron chi connectivity index (χ2n) is 5.94. The molecule has 0 aliphatic carbocycles. The third-order valence-corrected chi connectivity index (χ3v) is 4.15. The molecule has 0 atom stereocenters. The molecule has 144 valence electrons. The molecule has 0 fully saturated rings. The summed E-state index contributed by atoms with van der Waals surface area (Å²) < 4.78 is 5.09. The first-order valence-corrected chi connectivity index (χ1v) is 9.16. The number of hydrogen-bond donors (Lipinski definition) is 3. The number of anilines is 2. The maximum absolute atomic E-state index is 12.1. The average Bonchev–Trinajstić information content (AvgIpc) is 2.67. The number of rotatable bonds is 9. The van der Waals surface area contributed by atoms with E-state index < -0.39 is 0 Å². The van der Waals surface area contributed by atoms with Gasteiger partial charge in [0.25, 0.3) is 5.91 Å². The average molecular weight is 390 g/mol. The Morgan fingerprint density at radius 3 is 2.41 bits per heavy atom. The summed E-state index contributed by atoms with van der Waals surface area (Å²) in [5.74, 6) is 0.256. The van der Waals surface area contributed by atoms with Gasteiger partial charge in [-0.05, 0) is 48.9 Å². The van der Waals surface area contributed by atoms with E-state index in [4.69, 9.17) is 16.3 Å². The van der Waals surface area contributed by atoms with Gasteiger partial charge >= 0.3 is 0 Å². The van der Waals surface area contributed by atoms with Crippen molar-refractivity contribution in [1.29, 1.82) is 0 Å². The number of nitrogens with one attached hydrogen (secondary N) is 3. The van der Waals surface area contributed by atoms with Crippen molar-refractivity contribution in [2.45, 2.75) is 19.8 Å². The molecule has 7 heteroatoms. The Morgan fingerprint density at radius 2 is 1.78 bits per heavy atom. The standard InChI is InChI=1S/C20H24ClN3O3/c1-3-4-11-22-20(26)14-5-7-15(8-6-14)24-19(25)13-23-16-9-10-18(27-2)17(21)12-16/h5-10,12,23H,3-4,11,13H2,1-2H3,(H,22,26)(H,24,25). The lowest BCUT2D eigenvalue weighted by atomic mass is 10.2. The summed E-state index contributed by atoms with van der Waals surface area (Å²) in [5, 5.41) is 9.10. The molecule has 27 heavy (non-hydrogen) atoms. The van der Waals surface area contributed by atoms with E-state index in [1.165, 1.54) is 0 Å².